The molecule has 2 aromatic heterocycles. The lowest BCUT2D eigenvalue weighted by molar-refractivity contribution is -0.0498. The zero-order valence-electron chi connectivity index (χ0n) is 10.8. The van der Waals surface area contributed by atoms with Gasteiger partial charge in [0.05, 0.1) is 5.69 Å². The first-order valence-corrected chi connectivity index (χ1v) is 6.12. The summed E-state index contributed by atoms with van der Waals surface area (Å²) < 4.78 is 30.4. The SMILES string of the molecule is Cc1ccn2cc(-c3ccc(OC(F)F)cc3)nc2c1. The lowest BCUT2D eigenvalue weighted by Gasteiger charge is -2.04. The van der Waals surface area contributed by atoms with E-state index in [1.54, 1.807) is 12.1 Å². The zero-order chi connectivity index (χ0) is 14.1. The van der Waals surface area contributed by atoms with Gasteiger partial charge in [0, 0.05) is 18.0 Å². The lowest BCUT2D eigenvalue weighted by Crippen LogP contribution is -2.01. The van der Waals surface area contributed by atoms with E-state index in [0.717, 1.165) is 22.5 Å². The Morgan fingerprint density at radius 3 is 2.60 bits per heavy atom. The van der Waals surface area contributed by atoms with Gasteiger partial charge in [-0.15, -0.1) is 0 Å². The van der Waals surface area contributed by atoms with Crippen molar-refractivity contribution >= 4 is 5.65 Å². The molecule has 2 heterocycles. The molecule has 0 fully saturated rings. The molecule has 0 aliphatic rings. The number of imidazole rings is 1. The van der Waals surface area contributed by atoms with Gasteiger partial charge in [-0.05, 0) is 48.9 Å². The Morgan fingerprint density at radius 2 is 1.90 bits per heavy atom. The fraction of sp³-hybridized carbons (Fsp3) is 0.133. The van der Waals surface area contributed by atoms with E-state index in [9.17, 15) is 8.78 Å². The van der Waals surface area contributed by atoms with E-state index >= 15 is 0 Å². The van der Waals surface area contributed by atoms with Gasteiger partial charge >= 0.3 is 6.61 Å². The highest BCUT2D eigenvalue weighted by Crippen LogP contribution is 2.23. The summed E-state index contributed by atoms with van der Waals surface area (Å²) in [5.41, 5.74) is 3.63. The van der Waals surface area contributed by atoms with Gasteiger partial charge in [0.15, 0.2) is 0 Å². The van der Waals surface area contributed by atoms with E-state index in [1.165, 1.54) is 12.1 Å². The Morgan fingerprint density at radius 1 is 1.15 bits per heavy atom. The summed E-state index contributed by atoms with van der Waals surface area (Å²) in [5, 5.41) is 0. The Bertz CT molecular complexity index is 735. The van der Waals surface area contributed by atoms with Crippen LogP contribution in [0.4, 0.5) is 8.78 Å². The van der Waals surface area contributed by atoms with Gasteiger partial charge in [0.2, 0.25) is 0 Å². The van der Waals surface area contributed by atoms with Crippen LogP contribution in [0.25, 0.3) is 16.9 Å². The van der Waals surface area contributed by atoms with Crippen LogP contribution < -0.4 is 4.74 Å². The molecule has 0 N–H and O–H groups in total. The Kier molecular flexibility index (Phi) is 3.10. The van der Waals surface area contributed by atoms with E-state index < -0.39 is 6.61 Å². The number of nitrogens with zero attached hydrogens (tertiary/aromatic N) is 2. The second kappa shape index (κ2) is 4.92. The number of alkyl halides is 2. The molecule has 0 saturated heterocycles. The van der Waals surface area contributed by atoms with Crippen molar-refractivity contribution in [3.8, 4) is 17.0 Å². The summed E-state index contributed by atoms with van der Waals surface area (Å²) in [6.07, 6.45) is 3.84. The van der Waals surface area contributed by atoms with E-state index in [1.807, 2.05) is 35.9 Å². The highest BCUT2D eigenvalue weighted by atomic mass is 19.3. The zero-order valence-corrected chi connectivity index (χ0v) is 10.8. The van der Waals surface area contributed by atoms with Crippen molar-refractivity contribution in [2.24, 2.45) is 0 Å². The number of benzene rings is 1. The maximum atomic E-state index is 12.1. The Balaban J connectivity index is 1.94. The van der Waals surface area contributed by atoms with Crippen molar-refractivity contribution in [2.45, 2.75) is 13.5 Å². The minimum absolute atomic E-state index is 0.142. The van der Waals surface area contributed by atoms with Crippen LogP contribution in [0.2, 0.25) is 0 Å². The second-order valence-corrected chi connectivity index (χ2v) is 4.50. The highest BCUT2D eigenvalue weighted by molar-refractivity contribution is 5.63. The topological polar surface area (TPSA) is 26.5 Å². The van der Waals surface area contributed by atoms with Crippen molar-refractivity contribution in [1.29, 1.82) is 0 Å². The second-order valence-electron chi connectivity index (χ2n) is 4.50. The quantitative estimate of drug-likeness (QED) is 0.724. The molecule has 1 aromatic carbocycles. The van der Waals surface area contributed by atoms with Gasteiger partial charge in [0.1, 0.15) is 11.4 Å². The Labute approximate surface area is 114 Å². The molecule has 0 saturated carbocycles. The van der Waals surface area contributed by atoms with Crippen molar-refractivity contribution in [3.63, 3.8) is 0 Å². The van der Waals surface area contributed by atoms with E-state index in [0.29, 0.717) is 0 Å². The number of hydrogen-bond donors (Lipinski definition) is 0. The monoisotopic (exact) mass is 274 g/mol. The number of halogens is 2. The average molecular weight is 274 g/mol. The first-order chi connectivity index (χ1) is 9.61. The van der Waals surface area contributed by atoms with Crippen LogP contribution >= 0.6 is 0 Å². The lowest BCUT2D eigenvalue weighted by atomic mass is 10.2. The van der Waals surface area contributed by atoms with Crippen LogP contribution in [0.5, 0.6) is 5.75 Å². The van der Waals surface area contributed by atoms with Crippen LogP contribution in [-0.4, -0.2) is 16.0 Å². The van der Waals surface area contributed by atoms with Gasteiger partial charge in [0.25, 0.3) is 0 Å². The van der Waals surface area contributed by atoms with Crippen LogP contribution in [-0.2, 0) is 0 Å². The summed E-state index contributed by atoms with van der Waals surface area (Å²) in [4.78, 5) is 4.51. The summed E-state index contributed by atoms with van der Waals surface area (Å²) >= 11 is 0. The molecule has 0 spiro atoms. The molecule has 0 amide bonds. The van der Waals surface area contributed by atoms with Crippen molar-refractivity contribution in [1.82, 2.24) is 9.38 Å². The summed E-state index contributed by atoms with van der Waals surface area (Å²) in [7, 11) is 0. The number of aromatic nitrogens is 2. The third-order valence-electron chi connectivity index (χ3n) is 2.99. The van der Waals surface area contributed by atoms with E-state index in [2.05, 4.69) is 9.72 Å². The largest absolute Gasteiger partial charge is 0.435 e. The molecule has 0 aliphatic carbocycles. The van der Waals surface area contributed by atoms with E-state index in [4.69, 9.17) is 0 Å². The molecule has 3 nitrogen and oxygen atoms in total. The number of ether oxygens (including phenoxy) is 1. The Hall–Kier alpha value is -2.43. The van der Waals surface area contributed by atoms with Gasteiger partial charge in [-0.1, -0.05) is 0 Å². The fourth-order valence-corrected chi connectivity index (χ4v) is 2.03. The predicted octanol–water partition coefficient (Wildman–Crippen LogP) is 3.91. The van der Waals surface area contributed by atoms with Gasteiger partial charge in [-0.25, -0.2) is 4.98 Å². The molecule has 3 aromatic rings. The number of pyridine rings is 1. The van der Waals surface area contributed by atoms with Gasteiger partial charge in [-0.2, -0.15) is 8.78 Å². The molecule has 0 unspecified atom stereocenters. The molecule has 0 bridgehead atoms. The van der Waals surface area contributed by atoms with Crippen LogP contribution in [0.15, 0.2) is 48.8 Å². The maximum absolute atomic E-state index is 12.1. The molecular formula is C15H12F2N2O. The predicted molar refractivity (Wildman–Crippen MR) is 72.0 cm³/mol. The highest BCUT2D eigenvalue weighted by Gasteiger charge is 2.07. The van der Waals surface area contributed by atoms with Gasteiger partial charge in [-0.3, -0.25) is 0 Å². The molecule has 3 rings (SSSR count). The van der Waals surface area contributed by atoms with Crippen molar-refractivity contribution in [3.05, 3.63) is 54.4 Å². The first kappa shape index (κ1) is 12.6. The average Bonchev–Trinajstić information content (AvgIpc) is 2.81. The van der Waals surface area contributed by atoms with Crippen molar-refractivity contribution < 1.29 is 13.5 Å². The molecule has 0 aliphatic heterocycles. The van der Waals surface area contributed by atoms with Crippen molar-refractivity contribution in [2.75, 3.05) is 0 Å². The minimum atomic E-state index is -2.81. The fourth-order valence-electron chi connectivity index (χ4n) is 2.03. The third kappa shape index (κ3) is 2.47. The molecular weight excluding hydrogens is 262 g/mol. The number of fused-ring (bicyclic) bond motifs is 1. The summed E-state index contributed by atoms with van der Waals surface area (Å²) in [6.45, 7) is -0.802. The smallest absolute Gasteiger partial charge is 0.387 e. The number of rotatable bonds is 3. The molecule has 5 heteroatoms. The molecule has 0 atom stereocenters. The molecule has 20 heavy (non-hydrogen) atoms. The van der Waals surface area contributed by atoms with Crippen LogP contribution in [0.3, 0.4) is 0 Å². The summed E-state index contributed by atoms with van der Waals surface area (Å²) in [5.74, 6) is 0.142. The maximum Gasteiger partial charge on any atom is 0.387 e. The van der Waals surface area contributed by atoms with Crippen LogP contribution in [0.1, 0.15) is 5.56 Å². The first-order valence-electron chi connectivity index (χ1n) is 6.12. The number of hydrogen-bond acceptors (Lipinski definition) is 2. The molecule has 0 radical (unpaired) electrons. The summed E-state index contributed by atoms with van der Waals surface area (Å²) in [6, 6.07) is 10.4. The van der Waals surface area contributed by atoms with E-state index in [-0.39, 0.29) is 5.75 Å². The van der Waals surface area contributed by atoms with Crippen LogP contribution in [0, 0.1) is 6.92 Å². The van der Waals surface area contributed by atoms with Gasteiger partial charge < -0.3 is 9.14 Å². The minimum Gasteiger partial charge on any atom is -0.435 e. The number of aryl methyl sites for hydroxylation is 1. The standard InChI is InChI=1S/C15H12F2N2O/c1-10-6-7-19-9-13(18-14(19)8-10)11-2-4-12(5-3-11)20-15(16)17/h2-9,15H,1H3. The third-order valence-corrected chi connectivity index (χ3v) is 2.99. The normalized spacial score (nSPS) is 11.2. The molecule has 102 valence electrons.